The highest BCUT2D eigenvalue weighted by atomic mass is 19.1. The molecule has 2 heterocycles. The predicted molar refractivity (Wildman–Crippen MR) is 130 cm³/mol. The second-order valence-corrected chi connectivity index (χ2v) is 9.91. The van der Waals surface area contributed by atoms with E-state index in [2.05, 4.69) is 20.6 Å². The molecule has 2 aromatic heterocycles. The maximum atomic E-state index is 14.8. The number of aromatic nitrogens is 2. The first-order valence-corrected chi connectivity index (χ1v) is 11.1. The van der Waals surface area contributed by atoms with Crippen LogP contribution in [0.2, 0.25) is 0 Å². The van der Waals surface area contributed by atoms with E-state index in [1.54, 1.807) is 45.3 Å². The van der Waals surface area contributed by atoms with Gasteiger partial charge in [0.25, 0.3) is 0 Å². The molecule has 0 saturated heterocycles. The van der Waals surface area contributed by atoms with E-state index in [1.165, 1.54) is 12.1 Å². The summed E-state index contributed by atoms with van der Waals surface area (Å²) in [6.45, 7) is 10.5. The van der Waals surface area contributed by atoms with Crippen LogP contribution in [-0.2, 0) is 14.3 Å². The molecule has 3 rings (SSSR count). The summed E-state index contributed by atoms with van der Waals surface area (Å²) in [5.41, 5.74) is -0.478. The fourth-order valence-corrected chi connectivity index (χ4v) is 3.00. The molecule has 0 spiro atoms. The molecule has 188 valence electrons. The van der Waals surface area contributed by atoms with Gasteiger partial charge in [-0.2, -0.15) is 0 Å². The average molecular weight is 487 g/mol. The molecular formula is C25H31FN4O5. The van der Waals surface area contributed by atoms with E-state index < -0.39 is 35.1 Å². The van der Waals surface area contributed by atoms with Crippen LogP contribution < -0.4 is 15.4 Å². The number of hydrogen-bond acceptors (Lipinski definition) is 6. The van der Waals surface area contributed by atoms with Crippen LogP contribution in [0.1, 0.15) is 41.5 Å². The molecule has 0 radical (unpaired) electrons. The van der Waals surface area contributed by atoms with Gasteiger partial charge in [-0.3, -0.25) is 4.79 Å². The van der Waals surface area contributed by atoms with Crippen molar-refractivity contribution < 1.29 is 28.2 Å². The van der Waals surface area contributed by atoms with Crippen LogP contribution in [0.15, 0.2) is 42.7 Å². The number of rotatable bonds is 7. The molecule has 0 aliphatic rings. The summed E-state index contributed by atoms with van der Waals surface area (Å²) in [6.07, 6.45) is 2.50. The molecule has 35 heavy (non-hydrogen) atoms. The van der Waals surface area contributed by atoms with Crippen molar-refractivity contribution in [2.24, 2.45) is 0 Å². The Morgan fingerprint density at radius 3 is 2.46 bits per heavy atom. The first-order valence-electron chi connectivity index (χ1n) is 11.1. The fourth-order valence-electron chi connectivity index (χ4n) is 3.00. The minimum atomic E-state index is -1.07. The quantitative estimate of drug-likeness (QED) is 0.426. The number of halogens is 1. The lowest BCUT2D eigenvalue weighted by atomic mass is 10.2. The van der Waals surface area contributed by atoms with Gasteiger partial charge in [0.05, 0.1) is 17.6 Å². The number of fused-ring (bicyclic) bond motifs is 1. The molecule has 0 unspecified atom stereocenters. The van der Waals surface area contributed by atoms with Gasteiger partial charge in [-0.1, -0.05) is 0 Å². The highest BCUT2D eigenvalue weighted by Crippen LogP contribution is 2.31. The molecule has 0 saturated carbocycles. The maximum Gasteiger partial charge on any atom is 0.408 e. The van der Waals surface area contributed by atoms with Crippen LogP contribution in [0.5, 0.6) is 11.5 Å². The highest BCUT2D eigenvalue weighted by Gasteiger charge is 2.27. The van der Waals surface area contributed by atoms with Crippen LogP contribution >= 0.6 is 0 Å². The molecule has 10 heteroatoms. The van der Waals surface area contributed by atoms with Gasteiger partial charge in [0.2, 0.25) is 5.91 Å². The number of carbonyl (C=O) groups is 2. The molecule has 1 atom stereocenters. The van der Waals surface area contributed by atoms with Crippen molar-refractivity contribution in [2.75, 3.05) is 11.9 Å². The molecule has 0 fully saturated rings. The number of H-pyrrole nitrogens is 1. The Morgan fingerprint density at radius 1 is 1.06 bits per heavy atom. The number of carbonyl (C=O) groups excluding carboxylic acids is 2. The topological polar surface area (TPSA) is 115 Å². The van der Waals surface area contributed by atoms with Gasteiger partial charge in [-0.25, -0.2) is 14.2 Å². The molecule has 3 aromatic rings. The number of amides is 2. The summed E-state index contributed by atoms with van der Waals surface area (Å²) in [6, 6.07) is 6.39. The average Bonchev–Trinajstić information content (AvgIpc) is 3.21. The SMILES string of the molecule is CC(C)(C)OC[C@H](NC(=O)OC(C)(C)C)C(=O)Nc1ccc(Oc2ccnc3[nH]ccc23)c(F)c1. The van der Waals surface area contributed by atoms with E-state index in [-0.39, 0.29) is 18.0 Å². The molecule has 0 aliphatic heterocycles. The van der Waals surface area contributed by atoms with Crippen LogP contribution in [0.4, 0.5) is 14.9 Å². The van der Waals surface area contributed by atoms with Gasteiger partial charge in [0, 0.05) is 24.1 Å². The third-order valence-corrected chi connectivity index (χ3v) is 4.53. The minimum Gasteiger partial charge on any atom is -0.453 e. The Labute approximate surface area is 203 Å². The maximum absolute atomic E-state index is 14.8. The van der Waals surface area contributed by atoms with Crippen LogP contribution in [0.25, 0.3) is 11.0 Å². The first-order chi connectivity index (χ1) is 16.3. The van der Waals surface area contributed by atoms with Crippen molar-refractivity contribution in [2.45, 2.75) is 58.8 Å². The number of ether oxygens (including phenoxy) is 3. The highest BCUT2D eigenvalue weighted by molar-refractivity contribution is 5.96. The number of pyridine rings is 1. The largest absolute Gasteiger partial charge is 0.453 e. The van der Waals surface area contributed by atoms with E-state index >= 15 is 0 Å². The second kappa shape index (κ2) is 10.3. The normalized spacial score (nSPS) is 12.8. The van der Waals surface area contributed by atoms with E-state index in [1.807, 2.05) is 20.8 Å². The smallest absolute Gasteiger partial charge is 0.408 e. The number of nitrogens with one attached hydrogen (secondary N) is 3. The second-order valence-electron chi connectivity index (χ2n) is 9.91. The molecule has 2 amide bonds. The molecule has 0 bridgehead atoms. The van der Waals surface area contributed by atoms with Crippen LogP contribution in [0, 0.1) is 5.82 Å². The Kier molecular flexibility index (Phi) is 7.64. The Hall–Kier alpha value is -3.66. The van der Waals surface area contributed by atoms with Crippen molar-refractivity contribution in [3.05, 3.63) is 48.5 Å². The standard InChI is InChI=1S/C25H31FN4O5/c1-24(2,3)33-14-18(30-23(32)35-25(4,5)6)22(31)29-15-7-8-20(17(26)13-15)34-19-10-12-28-21-16(19)9-11-27-21/h7-13,18H,14H2,1-6H3,(H,27,28)(H,29,31)(H,30,32)/t18-/m0/s1. The van der Waals surface area contributed by atoms with Gasteiger partial charge in [-0.05, 0) is 65.8 Å². The number of aromatic amines is 1. The molecule has 9 nitrogen and oxygen atoms in total. The van der Waals surface area contributed by atoms with Gasteiger partial charge < -0.3 is 29.8 Å². The summed E-state index contributed by atoms with van der Waals surface area (Å²) >= 11 is 0. The molecule has 0 aliphatic carbocycles. The Bertz CT molecular complexity index is 1200. The van der Waals surface area contributed by atoms with Crippen LogP contribution in [-0.4, -0.2) is 45.8 Å². The van der Waals surface area contributed by atoms with E-state index in [4.69, 9.17) is 14.2 Å². The first kappa shape index (κ1) is 26.0. The number of nitrogens with zero attached hydrogens (tertiary/aromatic N) is 1. The molecular weight excluding hydrogens is 455 g/mol. The van der Waals surface area contributed by atoms with E-state index in [0.717, 1.165) is 6.07 Å². The Balaban J connectivity index is 1.72. The van der Waals surface area contributed by atoms with E-state index in [0.29, 0.717) is 16.8 Å². The summed E-state index contributed by atoms with van der Waals surface area (Å²) in [5, 5.41) is 5.83. The lowest BCUT2D eigenvalue weighted by Gasteiger charge is -2.26. The number of alkyl carbamates (subject to hydrolysis) is 1. The summed E-state index contributed by atoms with van der Waals surface area (Å²) in [5.74, 6) is -0.841. The van der Waals surface area contributed by atoms with Crippen molar-refractivity contribution in [3.8, 4) is 11.5 Å². The summed E-state index contributed by atoms with van der Waals surface area (Å²) in [7, 11) is 0. The van der Waals surface area contributed by atoms with Crippen molar-refractivity contribution in [1.29, 1.82) is 0 Å². The molecule has 3 N–H and O–H groups in total. The summed E-state index contributed by atoms with van der Waals surface area (Å²) < 4.78 is 31.5. The van der Waals surface area contributed by atoms with Crippen molar-refractivity contribution in [1.82, 2.24) is 15.3 Å². The van der Waals surface area contributed by atoms with Crippen molar-refractivity contribution >= 4 is 28.7 Å². The number of anilines is 1. The number of hydrogen-bond donors (Lipinski definition) is 3. The van der Waals surface area contributed by atoms with Crippen molar-refractivity contribution in [3.63, 3.8) is 0 Å². The molecule has 1 aromatic carbocycles. The third kappa shape index (κ3) is 7.68. The summed E-state index contributed by atoms with van der Waals surface area (Å²) in [4.78, 5) is 32.3. The monoisotopic (exact) mass is 486 g/mol. The lowest BCUT2D eigenvalue weighted by Crippen LogP contribution is -2.49. The fraction of sp³-hybridized carbons (Fsp3) is 0.400. The lowest BCUT2D eigenvalue weighted by molar-refractivity contribution is -0.121. The van der Waals surface area contributed by atoms with Gasteiger partial charge in [0.1, 0.15) is 23.0 Å². The van der Waals surface area contributed by atoms with Crippen LogP contribution in [0.3, 0.4) is 0 Å². The third-order valence-electron chi connectivity index (χ3n) is 4.53. The van der Waals surface area contributed by atoms with Gasteiger partial charge in [0.15, 0.2) is 11.6 Å². The zero-order chi connectivity index (χ0) is 25.8. The number of benzene rings is 1. The Morgan fingerprint density at radius 2 is 1.80 bits per heavy atom. The predicted octanol–water partition coefficient (Wildman–Crippen LogP) is 5.14. The minimum absolute atomic E-state index is 0.0174. The van der Waals surface area contributed by atoms with E-state index in [9.17, 15) is 14.0 Å². The van der Waals surface area contributed by atoms with Gasteiger partial charge >= 0.3 is 6.09 Å². The van der Waals surface area contributed by atoms with Gasteiger partial charge in [-0.15, -0.1) is 0 Å². The zero-order valence-electron chi connectivity index (χ0n) is 20.7. The zero-order valence-corrected chi connectivity index (χ0v) is 20.7.